The zero-order valence-electron chi connectivity index (χ0n) is 14.5. The number of nitrogens with zero attached hydrogens (tertiary/aromatic N) is 2. The van der Waals surface area contributed by atoms with Gasteiger partial charge in [0.15, 0.2) is 0 Å². The highest BCUT2D eigenvalue weighted by Gasteiger charge is 2.35. The monoisotopic (exact) mass is 390 g/mol. The first-order valence-electron chi connectivity index (χ1n) is 8.20. The van der Waals surface area contributed by atoms with Crippen LogP contribution in [0.1, 0.15) is 22.5 Å². The van der Waals surface area contributed by atoms with Crippen molar-refractivity contribution in [3.8, 4) is 5.75 Å². The standard InChI is InChI=1S/C17H18N4O5S/c1-26-13-5-4-10(9-11(13)18)19-16(22)12-3-2-8-20(12)17(23)14-6-7-15(27-14)21(24)25/h4-7,9,12H,2-3,8,18H2,1H3,(H,19,22). The van der Waals surface area contributed by atoms with Crippen molar-refractivity contribution in [2.75, 3.05) is 24.7 Å². The lowest BCUT2D eigenvalue weighted by Gasteiger charge is -2.23. The number of thiophene rings is 1. The molecule has 0 bridgehead atoms. The van der Waals surface area contributed by atoms with Gasteiger partial charge in [-0.3, -0.25) is 19.7 Å². The maximum Gasteiger partial charge on any atom is 0.324 e. The first-order chi connectivity index (χ1) is 12.9. The summed E-state index contributed by atoms with van der Waals surface area (Å²) < 4.78 is 5.08. The highest BCUT2D eigenvalue weighted by atomic mass is 32.1. The zero-order chi connectivity index (χ0) is 19.6. The van der Waals surface area contributed by atoms with E-state index in [0.29, 0.717) is 36.5 Å². The van der Waals surface area contributed by atoms with Gasteiger partial charge in [-0.15, -0.1) is 0 Å². The predicted octanol–water partition coefficient (Wildman–Crippen LogP) is 2.49. The number of rotatable bonds is 5. The van der Waals surface area contributed by atoms with Gasteiger partial charge >= 0.3 is 5.00 Å². The predicted molar refractivity (Wildman–Crippen MR) is 101 cm³/mol. The van der Waals surface area contributed by atoms with Crippen molar-refractivity contribution in [3.05, 3.63) is 45.3 Å². The lowest BCUT2D eigenvalue weighted by atomic mass is 10.2. The number of ether oxygens (including phenoxy) is 1. The number of methoxy groups -OCH3 is 1. The Bertz CT molecular complexity index is 897. The fourth-order valence-corrected chi connectivity index (χ4v) is 3.78. The van der Waals surface area contributed by atoms with E-state index in [4.69, 9.17) is 10.5 Å². The van der Waals surface area contributed by atoms with Crippen LogP contribution in [0.25, 0.3) is 0 Å². The molecule has 0 saturated carbocycles. The van der Waals surface area contributed by atoms with Crippen LogP contribution in [-0.2, 0) is 4.79 Å². The Balaban J connectivity index is 1.73. The molecule has 1 aliphatic heterocycles. The third-order valence-corrected chi connectivity index (χ3v) is 5.32. The number of benzene rings is 1. The van der Waals surface area contributed by atoms with Gasteiger partial charge in [-0.25, -0.2) is 0 Å². The average Bonchev–Trinajstić information content (AvgIpc) is 3.31. The number of nitrogen functional groups attached to an aromatic ring is 1. The Hall–Kier alpha value is -3.14. The second-order valence-electron chi connectivity index (χ2n) is 6.00. The van der Waals surface area contributed by atoms with E-state index in [1.165, 1.54) is 24.1 Å². The fraction of sp³-hybridized carbons (Fsp3) is 0.294. The minimum atomic E-state index is -0.637. The third kappa shape index (κ3) is 3.85. The van der Waals surface area contributed by atoms with Crippen LogP contribution < -0.4 is 15.8 Å². The second kappa shape index (κ2) is 7.62. The smallest absolute Gasteiger partial charge is 0.324 e. The van der Waals surface area contributed by atoms with Gasteiger partial charge in [0, 0.05) is 18.3 Å². The van der Waals surface area contributed by atoms with Gasteiger partial charge in [0.25, 0.3) is 5.91 Å². The summed E-state index contributed by atoms with van der Waals surface area (Å²) in [5.41, 5.74) is 6.74. The van der Waals surface area contributed by atoms with Crippen molar-refractivity contribution in [1.82, 2.24) is 4.90 Å². The van der Waals surface area contributed by atoms with Crippen LogP contribution in [0.2, 0.25) is 0 Å². The van der Waals surface area contributed by atoms with E-state index in [2.05, 4.69) is 5.32 Å². The Labute approximate surface area is 158 Å². The molecule has 1 aromatic heterocycles. The molecule has 142 valence electrons. The molecule has 3 rings (SSSR count). The first kappa shape index (κ1) is 18.6. The molecule has 1 saturated heterocycles. The normalized spacial score (nSPS) is 16.2. The maximum atomic E-state index is 12.7. The SMILES string of the molecule is COc1ccc(NC(=O)C2CCCN2C(=O)c2ccc([N+](=O)[O-])s2)cc1N. The summed E-state index contributed by atoms with van der Waals surface area (Å²) in [5, 5.41) is 13.5. The lowest BCUT2D eigenvalue weighted by molar-refractivity contribution is -0.380. The molecular formula is C17H18N4O5S. The molecule has 1 fully saturated rings. The number of nitrogens with two attached hydrogens (primary N) is 1. The quantitative estimate of drug-likeness (QED) is 0.459. The molecule has 1 unspecified atom stereocenters. The maximum absolute atomic E-state index is 12.7. The van der Waals surface area contributed by atoms with Gasteiger partial charge < -0.3 is 20.7 Å². The van der Waals surface area contributed by atoms with Crippen molar-refractivity contribution < 1.29 is 19.2 Å². The number of likely N-dealkylation sites (tertiary alicyclic amines) is 1. The van der Waals surface area contributed by atoms with Crippen molar-refractivity contribution in [1.29, 1.82) is 0 Å². The van der Waals surface area contributed by atoms with E-state index in [1.807, 2.05) is 0 Å². The van der Waals surface area contributed by atoms with E-state index >= 15 is 0 Å². The van der Waals surface area contributed by atoms with Gasteiger partial charge in [-0.05, 0) is 37.1 Å². The number of nitro groups is 1. The second-order valence-corrected chi connectivity index (χ2v) is 7.06. The highest BCUT2D eigenvalue weighted by Crippen LogP contribution is 2.29. The van der Waals surface area contributed by atoms with E-state index in [1.54, 1.807) is 18.2 Å². The van der Waals surface area contributed by atoms with Crippen LogP contribution in [0.3, 0.4) is 0 Å². The molecule has 3 N–H and O–H groups in total. The first-order valence-corrected chi connectivity index (χ1v) is 9.02. The summed E-state index contributed by atoms with van der Waals surface area (Å²) in [5.74, 6) is -0.193. The summed E-state index contributed by atoms with van der Waals surface area (Å²) in [6, 6.07) is 6.97. The van der Waals surface area contributed by atoms with Gasteiger partial charge in [0.05, 0.1) is 22.6 Å². The molecule has 1 atom stereocenters. The van der Waals surface area contributed by atoms with Crippen LogP contribution in [-0.4, -0.2) is 41.3 Å². The Kier molecular flexibility index (Phi) is 5.26. The molecule has 1 aromatic carbocycles. The molecule has 0 radical (unpaired) electrons. The molecular weight excluding hydrogens is 372 g/mol. The molecule has 27 heavy (non-hydrogen) atoms. The van der Waals surface area contributed by atoms with Gasteiger partial charge in [-0.2, -0.15) is 0 Å². The third-order valence-electron chi connectivity index (χ3n) is 4.30. The summed E-state index contributed by atoms with van der Waals surface area (Å²) >= 11 is 0.807. The average molecular weight is 390 g/mol. The number of carbonyl (C=O) groups excluding carboxylic acids is 2. The topological polar surface area (TPSA) is 128 Å². The number of carbonyl (C=O) groups is 2. The lowest BCUT2D eigenvalue weighted by Crippen LogP contribution is -2.42. The van der Waals surface area contributed by atoms with Crippen molar-refractivity contribution >= 4 is 39.5 Å². The van der Waals surface area contributed by atoms with Gasteiger partial charge in [-0.1, -0.05) is 11.3 Å². The molecule has 10 heteroatoms. The number of hydrogen-bond acceptors (Lipinski definition) is 7. The molecule has 2 amide bonds. The van der Waals surface area contributed by atoms with Crippen molar-refractivity contribution in [2.45, 2.75) is 18.9 Å². The summed E-state index contributed by atoms with van der Waals surface area (Å²) in [4.78, 5) is 37.3. The summed E-state index contributed by atoms with van der Waals surface area (Å²) in [6.45, 7) is 0.424. The zero-order valence-corrected chi connectivity index (χ0v) is 15.3. The Morgan fingerprint density at radius 1 is 1.37 bits per heavy atom. The number of nitrogens with one attached hydrogen (secondary N) is 1. The van der Waals surface area contributed by atoms with E-state index in [0.717, 1.165) is 11.3 Å². The molecule has 9 nitrogen and oxygen atoms in total. The Morgan fingerprint density at radius 3 is 2.78 bits per heavy atom. The van der Waals surface area contributed by atoms with Gasteiger partial charge in [0.1, 0.15) is 11.8 Å². The fourth-order valence-electron chi connectivity index (χ4n) is 3.00. The molecule has 2 aromatic rings. The van der Waals surface area contributed by atoms with Gasteiger partial charge in [0.2, 0.25) is 5.91 Å². The molecule has 0 spiro atoms. The van der Waals surface area contributed by atoms with Crippen LogP contribution in [0.4, 0.5) is 16.4 Å². The van der Waals surface area contributed by atoms with Crippen molar-refractivity contribution in [2.24, 2.45) is 0 Å². The molecule has 2 heterocycles. The largest absolute Gasteiger partial charge is 0.495 e. The number of anilines is 2. The van der Waals surface area contributed by atoms with E-state index in [9.17, 15) is 19.7 Å². The number of amides is 2. The van der Waals surface area contributed by atoms with Crippen LogP contribution >= 0.6 is 11.3 Å². The van der Waals surface area contributed by atoms with Crippen molar-refractivity contribution in [3.63, 3.8) is 0 Å². The number of hydrogen-bond donors (Lipinski definition) is 2. The highest BCUT2D eigenvalue weighted by molar-refractivity contribution is 7.17. The Morgan fingerprint density at radius 2 is 2.15 bits per heavy atom. The van der Waals surface area contributed by atoms with Crippen LogP contribution in [0.15, 0.2) is 30.3 Å². The summed E-state index contributed by atoms with van der Waals surface area (Å²) in [6.07, 6.45) is 1.21. The summed E-state index contributed by atoms with van der Waals surface area (Å²) in [7, 11) is 1.50. The van der Waals surface area contributed by atoms with Crippen LogP contribution in [0.5, 0.6) is 5.75 Å². The molecule has 1 aliphatic rings. The van der Waals surface area contributed by atoms with Crippen LogP contribution in [0, 0.1) is 10.1 Å². The van der Waals surface area contributed by atoms with E-state index in [-0.39, 0.29) is 21.7 Å². The minimum Gasteiger partial charge on any atom is -0.495 e. The minimum absolute atomic E-state index is 0.104. The molecule has 0 aliphatic carbocycles. The van der Waals surface area contributed by atoms with E-state index < -0.39 is 11.0 Å².